The lowest BCUT2D eigenvalue weighted by molar-refractivity contribution is -0.123. The van der Waals surface area contributed by atoms with Crippen LogP contribution in [-0.4, -0.2) is 52.2 Å². The van der Waals surface area contributed by atoms with Crippen LogP contribution in [0.3, 0.4) is 0 Å². The number of aromatic nitrogens is 2. The van der Waals surface area contributed by atoms with E-state index in [1.165, 1.54) is 0 Å². The number of hydrogen-bond acceptors (Lipinski definition) is 4. The van der Waals surface area contributed by atoms with Crippen LogP contribution < -0.4 is 11.1 Å². The van der Waals surface area contributed by atoms with E-state index in [2.05, 4.69) is 10.4 Å². The number of amides is 2. The minimum Gasteiger partial charge on any atom is -0.369 e. The molecule has 138 valence electrons. The smallest absolute Gasteiger partial charge is 0.231 e. The second-order valence-electron chi connectivity index (χ2n) is 6.71. The summed E-state index contributed by atoms with van der Waals surface area (Å²) in [5, 5.41) is 7.45. The van der Waals surface area contributed by atoms with Crippen molar-refractivity contribution in [2.24, 2.45) is 5.73 Å². The monoisotopic (exact) mass is 355 g/mol. The van der Waals surface area contributed by atoms with E-state index in [-0.39, 0.29) is 17.9 Å². The predicted octanol–water partition coefficient (Wildman–Crippen LogP) is 0.871. The lowest BCUT2D eigenvalue weighted by Gasteiger charge is -2.31. The molecule has 1 aliphatic heterocycles. The fourth-order valence-corrected chi connectivity index (χ4v) is 3.22. The Morgan fingerprint density at radius 3 is 2.62 bits per heavy atom. The molecule has 2 aromatic rings. The van der Waals surface area contributed by atoms with Crippen LogP contribution in [0.2, 0.25) is 0 Å². The fraction of sp³-hybridized carbons (Fsp3) is 0.421. The quantitative estimate of drug-likeness (QED) is 0.771. The number of aryl methyl sites for hydroxylation is 1. The van der Waals surface area contributed by atoms with Gasteiger partial charge in [-0.3, -0.25) is 14.5 Å². The van der Waals surface area contributed by atoms with Crippen LogP contribution in [0.5, 0.6) is 0 Å². The van der Waals surface area contributed by atoms with Gasteiger partial charge in [0.2, 0.25) is 11.8 Å². The zero-order valence-corrected chi connectivity index (χ0v) is 14.8. The average Bonchev–Trinajstić information content (AvgIpc) is 3.11. The lowest BCUT2D eigenvalue weighted by Crippen LogP contribution is -2.46. The summed E-state index contributed by atoms with van der Waals surface area (Å²) >= 11 is 0. The molecular formula is C19H25N5O2. The van der Waals surface area contributed by atoms with Gasteiger partial charge >= 0.3 is 0 Å². The number of carbonyl (C=O) groups is 2. The van der Waals surface area contributed by atoms with Crippen LogP contribution in [0.25, 0.3) is 5.69 Å². The van der Waals surface area contributed by atoms with Crippen LogP contribution in [0.1, 0.15) is 24.8 Å². The van der Waals surface area contributed by atoms with Crippen LogP contribution in [0.4, 0.5) is 0 Å². The topological polar surface area (TPSA) is 93.2 Å². The van der Waals surface area contributed by atoms with Gasteiger partial charge in [0, 0.05) is 31.7 Å². The van der Waals surface area contributed by atoms with E-state index in [1.807, 2.05) is 52.3 Å². The normalized spacial score (nSPS) is 15.7. The van der Waals surface area contributed by atoms with Crippen LogP contribution in [0.15, 0.2) is 42.7 Å². The molecule has 1 saturated heterocycles. The summed E-state index contributed by atoms with van der Waals surface area (Å²) in [6, 6.07) is 10.1. The molecule has 1 aromatic heterocycles. The predicted molar refractivity (Wildman–Crippen MR) is 98.7 cm³/mol. The van der Waals surface area contributed by atoms with Crippen molar-refractivity contribution in [2.75, 3.05) is 19.6 Å². The summed E-state index contributed by atoms with van der Waals surface area (Å²) < 4.78 is 1.82. The first kappa shape index (κ1) is 18.1. The van der Waals surface area contributed by atoms with Gasteiger partial charge in [0.15, 0.2) is 0 Å². The second kappa shape index (κ2) is 8.62. The molecule has 26 heavy (non-hydrogen) atoms. The highest BCUT2D eigenvalue weighted by Crippen LogP contribution is 2.12. The molecule has 0 unspecified atom stereocenters. The highest BCUT2D eigenvalue weighted by Gasteiger charge is 2.21. The molecule has 0 atom stereocenters. The number of nitrogens with one attached hydrogen (secondary N) is 1. The first-order valence-electron chi connectivity index (χ1n) is 8.99. The molecule has 7 heteroatoms. The molecule has 1 fully saturated rings. The Balaban J connectivity index is 1.41. The average molecular weight is 355 g/mol. The summed E-state index contributed by atoms with van der Waals surface area (Å²) in [5.41, 5.74) is 7.26. The van der Waals surface area contributed by atoms with Crippen molar-refractivity contribution < 1.29 is 9.59 Å². The van der Waals surface area contributed by atoms with Crippen LogP contribution >= 0.6 is 0 Å². The molecule has 0 saturated carbocycles. The summed E-state index contributed by atoms with van der Waals surface area (Å²) in [7, 11) is 0. The van der Waals surface area contributed by atoms with E-state index in [0.717, 1.165) is 37.2 Å². The molecule has 0 aliphatic carbocycles. The Labute approximate surface area is 153 Å². The molecule has 2 amide bonds. The van der Waals surface area contributed by atoms with E-state index < -0.39 is 0 Å². The van der Waals surface area contributed by atoms with E-state index in [4.69, 9.17) is 5.73 Å². The molecule has 0 spiro atoms. The number of primary amides is 1. The molecule has 0 bridgehead atoms. The Morgan fingerprint density at radius 2 is 1.92 bits per heavy atom. The van der Waals surface area contributed by atoms with Gasteiger partial charge < -0.3 is 11.1 Å². The van der Waals surface area contributed by atoms with Crippen LogP contribution in [0, 0.1) is 0 Å². The van der Waals surface area contributed by atoms with Crippen molar-refractivity contribution in [3.05, 3.63) is 48.3 Å². The maximum atomic E-state index is 12.2. The first-order chi connectivity index (χ1) is 12.6. The maximum Gasteiger partial charge on any atom is 0.231 e. The number of para-hydroxylation sites is 1. The Morgan fingerprint density at radius 1 is 1.19 bits per heavy atom. The van der Waals surface area contributed by atoms with E-state index >= 15 is 0 Å². The minimum atomic E-state index is -0.302. The van der Waals surface area contributed by atoms with E-state index in [9.17, 15) is 9.59 Å². The number of nitrogens with zero attached hydrogens (tertiary/aromatic N) is 3. The van der Waals surface area contributed by atoms with Crippen molar-refractivity contribution in [3.63, 3.8) is 0 Å². The third-order valence-corrected chi connectivity index (χ3v) is 4.63. The Hall–Kier alpha value is -2.67. The van der Waals surface area contributed by atoms with Gasteiger partial charge in [-0.15, -0.1) is 0 Å². The number of nitrogens with two attached hydrogens (primary N) is 1. The summed E-state index contributed by atoms with van der Waals surface area (Å²) in [6.07, 6.45) is 6.59. The number of carbonyl (C=O) groups excluding carboxylic acids is 2. The SMILES string of the molecule is NC(=O)CN1CCC(NC(=O)CCc2cnn(-c3ccccc3)c2)CC1. The number of likely N-dealkylation sites (tertiary alicyclic amines) is 1. The second-order valence-corrected chi connectivity index (χ2v) is 6.71. The van der Waals surface area contributed by atoms with Gasteiger partial charge in [-0.05, 0) is 37.0 Å². The summed E-state index contributed by atoms with van der Waals surface area (Å²) in [6.45, 7) is 1.88. The third-order valence-electron chi connectivity index (χ3n) is 4.63. The number of benzene rings is 1. The van der Waals surface area contributed by atoms with Gasteiger partial charge in [-0.2, -0.15) is 5.10 Å². The van der Waals surface area contributed by atoms with Crippen molar-refractivity contribution >= 4 is 11.8 Å². The van der Waals surface area contributed by atoms with Crippen LogP contribution in [-0.2, 0) is 16.0 Å². The van der Waals surface area contributed by atoms with E-state index in [0.29, 0.717) is 19.4 Å². The summed E-state index contributed by atoms with van der Waals surface area (Å²) in [4.78, 5) is 25.2. The van der Waals surface area contributed by atoms with Crippen molar-refractivity contribution in [1.82, 2.24) is 20.0 Å². The fourth-order valence-electron chi connectivity index (χ4n) is 3.22. The Kier molecular flexibility index (Phi) is 6.01. The molecule has 0 radical (unpaired) electrons. The van der Waals surface area contributed by atoms with Gasteiger partial charge in [0.25, 0.3) is 0 Å². The zero-order valence-electron chi connectivity index (χ0n) is 14.8. The minimum absolute atomic E-state index is 0.0609. The number of hydrogen-bond donors (Lipinski definition) is 2. The molecule has 2 heterocycles. The molecule has 1 aliphatic rings. The first-order valence-corrected chi connectivity index (χ1v) is 8.99. The van der Waals surface area contributed by atoms with Crippen molar-refractivity contribution in [2.45, 2.75) is 31.7 Å². The molecule has 7 nitrogen and oxygen atoms in total. The van der Waals surface area contributed by atoms with Gasteiger partial charge in [0.1, 0.15) is 0 Å². The summed E-state index contributed by atoms with van der Waals surface area (Å²) in [5.74, 6) is -0.241. The lowest BCUT2D eigenvalue weighted by atomic mass is 10.0. The van der Waals surface area contributed by atoms with Gasteiger partial charge in [0.05, 0.1) is 18.4 Å². The molecule has 3 N–H and O–H groups in total. The largest absolute Gasteiger partial charge is 0.369 e. The van der Waals surface area contributed by atoms with Crippen molar-refractivity contribution in [1.29, 1.82) is 0 Å². The zero-order chi connectivity index (χ0) is 18.4. The molecule has 1 aromatic carbocycles. The highest BCUT2D eigenvalue weighted by atomic mass is 16.2. The highest BCUT2D eigenvalue weighted by molar-refractivity contribution is 5.76. The third kappa shape index (κ3) is 5.16. The van der Waals surface area contributed by atoms with Gasteiger partial charge in [-0.1, -0.05) is 18.2 Å². The van der Waals surface area contributed by atoms with Crippen molar-refractivity contribution in [3.8, 4) is 5.69 Å². The Bertz CT molecular complexity index is 735. The maximum absolute atomic E-state index is 12.2. The molecule has 3 rings (SSSR count). The number of rotatable bonds is 7. The van der Waals surface area contributed by atoms with Gasteiger partial charge in [-0.25, -0.2) is 4.68 Å². The molecular weight excluding hydrogens is 330 g/mol. The van der Waals surface area contributed by atoms with E-state index in [1.54, 1.807) is 0 Å². The standard InChI is InChI=1S/C19H25N5O2/c20-18(25)14-23-10-8-16(9-11-23)22-19(26)7-6-15-12-21-24(13-15)17-4-2-1-3-5-17/h1-5,12-13,16H,6-11,14H2,(H2,20,25)(H,22,26). The number of piperidine rings is 1.